The Balaban J connectivity index is 2.64. The zero-order valence-electron chi connectivity index (χ0n) is 7.66. The average molecular weight is 198 g/mol. The lowest BCUT2D eigenvalue weighted by Gasteiger charge is -2.03. The standard InChI is InChI=1S/C10H6N4O/c11-5-8-3-1-2-4-10(8)14-9(7-15)6-12-13-14/h1-4,6-7H. The lowest BCUT2D eigenvalue weighted by Crippen LogP contribution is -2.03. The monoisotopic (exact) mass is 198 g/mol. The van der Waals surface area contributed by atoms with Crippen LogP contribution in [-0.2, 0) is 0 Å². The van der Waals surface area contributed by atoms with E-state index in [4.69, 9.17) is 5.26 Å². The van der Waals surface area contributed by atoms with Crippen LogP contribution in [0.2, 0.25) is 0 Å². The lowest BCUT2D eigenvalue weighted by atomic mass is 10.2. The van der Waals surface area contributed by atoms with Crippen molar-refractivity contribution in [2.24, 2.45) is 0 Å². The van der Waals surface area contributed by atoms with Gasteiger partial charge in [-0.05, 0) is 12.1 Å². The molecule has 0 saturated heterocycles. The predicted octanol–water partition coefficient (Wildman–Crippen LogP) is 0.951. The van der Waals surface area contributed by atoms with Gasteiger partial charge in [-0.15, -0.1) is 5.10 Å². The van der Waals surface area contributed by atoms with Crippen LogP contribution in [0.4, 0.5) is 0 Å². The van der Waals surface area contributed by atoms with Gasteiger partial charge in [0.15, 0.2) is 6.29 Å². The molecule has 1 aromatic carbocycles. The molecule has 1 heterocycles. The highest BCUT2D eigenvalue weighted by atomic mass is 16.1. The molecule has 0 radical (unpaired) electrons. The number of nitrogens with zero attached hydrogens (tertiary/aromatic N) is 4. The molecule has 15 heavy (non-hydrogen) atoms. The van der Waals surface area contributed by atoms with E-state index in [1.54, 1.807) is 24.3 Å². The maximum absolute atomic E-state index is 10.7. The van der Waals surface area contributed by atoms with Gasteiger partial charge in [0.2, 0.25) is 0 Å². The minimum absolute atomic E-state index is 0.317. The molecular formula is C10H6N4O. The Morgan fingerprint density at radius 3 is 2.93 bits per heavy atom. The second kappa shape index (κ2) is 3.72. The molecule has 0 fully saturated rings. The third kappa shape index (κ3) is 1.48. The molecule has 0 aliphatic rings. The minimum Gasteiger partial charge on any atom is -0.296 e. The van der Waals surface area contributed by atoms with Crippen LogP contribution in [0.1, 0.15) is 16.1 Å². The van der Waals surface area contributed by atoms with Gasteiger partial charge in [-0.1, -0.05) is 17.3 Å². The lowest BCUT2D eigenvalue weighted by molar-refractivity contribution is 0.111. The molecule has 0 atom stereocenters. The molecule has 5 nitrogen and oxygen atoms in total. The van der Waals surface area contributed by atoms with Crippen molar-refractivity contribution in [1.82, 2.24) is 15.0 Å². The number of carbonyl (C=O) groups is 1. The van der Waals surface area contributed by atoms with Gasteiger partial charge in [0, 0.05) is 0 Å². The fourth-order valence-electron chi connectivity index (χ4n) is 1.26. The number of carbonyl (C=O) groups excluding carboxylic acids is 1. The first-order valence-corrected chi connectivity index (χ1v) is 4.22. The van der Waals surface area contributed by atoms with Crippen LogP contribution in [-0.4, -0.2) is 21.3 Å². The molecule has 0 unspecified atom stereocenters. The summed E-state index contributed by atoms with van der Waals surface area (Å²) < 4.78 is 1.34. The van der Waals surface area contributed by atoms with Crippen molar-refractivity contribution in [2.45, 2.75) is 0 Å². The Hall–Kier alpha value is -2.48. The summed E-state index contributed by atoms with van der Waals surface area (Å²) in [5.74, 6) is 0. The number of nitriles is 1. The average Bonchev–Trinajstić information content (AvgIpc) is 2.76. The second-order valence-electron chi connectivity index (χ2n) is 2.82. The number of aromatic nitrogens is 3. The highest BCUT2D eigenvalue weighted by Crippen LogP contribution is 2.13. The smallest absolute Gasteiger partial charge is 0.170 e. The van der Waals surface area contributed by atoms with E-state index in [-0.39, 0.29) is 0 Å². The Bertz CT molecular complexity index is 538. The van der Waals surface area contributed by atoms with Gasteiger partial charge >= 0.3 is 0 Å². The van der Waals surface area contributed by atoms with E-state index < -0.39 is 0 Å². The Morgan fingerprint density at radius 1 is 1.40 bits per heavy atom. The number of rotatable bonds is 2. The zero-order valence-corrected chi connectivity index (χ0v) is 7.66. The maximum Gasteiger partial charge on any atom is 0.170 e. The van der Waals surface area contributed by atoms with Crippen molar-refractivity contribution >= 4 is 6.29 Å². The predicted molar refractivity (Wildman–Crippen MR) is 51.5 cm³/mol. The molecule has 2 rings (SSSR count). The van der Waals surface area contributed by atoms with Crippen molar-refractivity contribution in [3.8, 4) is 11.8 Å². The summed E-state index contributed by atoms with van der Waals surface area (Å²) in [5, 5.41) is 16.2. The van der Waals surface area contributed by atoms with E-state index in [1.165, 1.54) is 10.9 Å². The number of aldehydes is 1. The molecule has 0 aliphatic carbocycles. The number of para-hydroxylation sites is 1. The molecule has 0 aliphatic heterocycles. The quantitative estimate of drug-likeness (QED) is 0.673. The van der Waals surface area contributed by atoms with Crippen LogP contribution < -0.4 is 0 Å². The Kier molecular flexibility index (Phi) is 2.25. The van der Waals surface area contributed by atoms with E-state index in [9.17, 15) is 4.79 Å². The summed E-state index contributed by atoms with van der Waals surface area (Å²) in [6.07, 6.45) is 2.00. The van der Waals surface area contributed by atoms with E-state index in [1.807, 2.05) is 6.07 Å². The Morgan fingerprint density at radius 2 is 2.20 bits per heavy atom. The van der Waals surface area contributed by atoms with Gasteiger partial charge in [0.1, 0.15) is 11.8 Å². The fraction of sp³-hybridized carbons (Fsp3) is 0. The van der Waals surface area contributed by atoms with Gasteiger partial charge < -0.3 is 0 Å². The summed E-state index contributed by atoms with van der Waals surface area (Å²) in [6.45, 7) is 0. The van der Waals surface area contributed by atoms with Gasteiger partial charge in [-0.3, -0.25) is 4.79 Å². The molecule has 0 bridgehead atoms. The van der Waals surface area contributed by atoms with Crippen molar-refractivity contribution in [3.63, 3.8) is 0 Å². The largest absolute Gasteiger partial charge is 0.296 e. The van der Waals surface area contributed by atoms with Crippen LogP contribution in [0.5, 0.6) is 0 Å². The highest BCUT2D eigenvalue weighted by Gasteiger charge is 2.08. The molecule has 0 spiro atoms. The van der Waals surface area contributed by atoms with Gasteiger partial charge in [-0.2, -0.15) is 5.26 Å². The topological polar surface area (TPSA) is 71.6 Å². The van der Waals surface area contributed by atoms with E-state index in [0.717, 1.165) is 0 Å². The minimum atomic E-state index is 0.317. The van der Waals surface area contributed by atoms with E-state index in [0.29, 0.717) is 23.2 Å². The van der Waals surface area contributed by atoms with Crippen LogP contribution in [0.25, 0.3) is 5.69 Å². The highest BCUT2D eigenvalue weighted by molar-refractivity contribution is 5.73. The zero-order chi connectivity index (χ0) is 10.7. The molecule has 0 saturated carbocycles. The third-order valence-corrected chi connectivity index (χ3v) is 1.95. The van der Waals surface area contributed by atoms with Crippen molar-refractivity contribution in [2.75, 3.05) is 0 Å². The summed E-state index contributed by atoms with van der Waals surface area (Å²) in [5.41, 5.74) is 1.32. The summed E-state index contributed by atoms with van der Waals surface area (Å²) in [4.78, 5) is 10.7. The first kappa shape index (κ1) is 9.09. The maximum atomic E-state index is 10.7. The molecule has 0 N–H and O–H groups in total. The summed E-state index contributed by atoms with van der Waals surface area (Å²) >= 11 is 0. The molecule has 72 valence electrons. The fourth-order valence-corrected chi connectivity index (χ4v) is 1.26. The molecular weight excluding hydrogens is 192 g/mol. The van der Waals surface area contributed by atoms with Crippen LogP contribution in [0, 0.1) is 11.3 Å². The first-order valence-electron chi connectivity index (χ1n) is 4.22. The van der Waals surface area contributed by atoms with Crippen LogP contribution in [0.3, 0.4) is 0 Å². The summed E-state index contributed by atoms with van der Waals surface area (Å²) in [7, 11) is 0. The van der Waals surface area contributed by atoms with E-state index in [2.05, 4.69) is 10.3 Å². The van der Waals surface area contributed by atoms with Crippen LogP contribution in [0.15, 0.2) is 30.5 Å². The van der Waals surface area contributed by atoms with Crippen molar-refractivity contribution in [1.29, 1.82) is 5.26 Å². The second-order valence-corrected chi connectivity index (χ2v) is 2.82. The Labute approximate surface area is 85.6 Å². The molecule has 1 aromatic heterocycles. The van der Waals surface area contributed by atoms with Crippen molar-refractivity contribution in [3.05, 3.63) is 41.7 Å². The van der Waals surface area contributed by atoms with Gasteiger partial charge in [0.25, 0.3) is 0 Å². The SMILES string of the molecule is N#Cc1ccccc1-n1nncc1C=O. The normalized spacial score (nSPS) is 9.53. The number of hydrogen-bond acceptors (Lipinski definition) is 4. The third-order valence-electron chi connectivity index (χ3n) is 1.95. The van der Waals surface area contributed by atoms with Crippen molar-refractivity contribution < 1.29 is 4.79 Å². The van der Waals surface area contributed by atoms with E-state index >= 15 is 0 Å². The summed E-state index contributed by atoms with van der Waals surface area (Å²) in [6, 6.07) is 8.92. The van der Waals surface area contributed by atoms with Gasteiger partial charge in [-0.25, -0.2) is 4.68 Å². The number of hydrogen-bond donors (Lipinski definition) is 0. The number of benzene rings is 1. The molecule has 2 aromatic rings. The van der Waals surface area contributed by atoms with Crippen LogP contribution >= 0.6 is 0 Å². The molecule has 0 amide bonds. The first-order chi connectivity index (χ1) is 7.36. The molecule has 5 heteroatoms. The van der Waals surface area contributed by atoms with Gasteiger partial charge in [0.05, 0.1) is 17.4 Å².